The molecule has 0 N–H and O–H groups in total. The summed E-state index contributed by atoms with van der Waals surface area (Å²) in [5, 5.41) is 4.51. The van der Waals surface area contributed by atoms with Gasteiger partial charge in [-0.25, -0.2) is 14.3 Å². The number of hydrogen-bond donors (Lipinski definition) is 0. The van der Waals surface area contributed by atoms with Crippen molar-refractivity contribution in [2.45, 2.75) is 12.3 Å². The molecule has 1 aliphatic heterocycles. The molecule has 0 radical (unpaired) electrons. The Bertz CT molecular complexity index is 580. The van der Waals surface area contributed by atoms with Crippen LogP contribution in [0.15, 0.2) is 24.5 Å². The number of likely N-dealkylation sites (tertiary alicyclic amines) is 1. The minimum Gasteiger partial charge on any atom is -0.453 e. The maximum atomic E-state index is 11.4. The molecule has 3 heterocycles. The Labute approximate surface area is 104 Å². The van der Waals surface area contributed by atoms with E-state index in [1.807, 2.05) is 18.3 Å². The first-order valence-electron chi connectivity index (χ1n) is 5.91. The summed E-state index contributed by atoms with van der Waals surface area (Å²) in [7, 11) is 1.41. The van der Waals surface area contributed by atoms with Crippen LogP contribution >= 0.6 is 0 Å². The molecule has 6 heteroatoms. The average Bonchev–Trinajstić information content (AvgIpc) is 3.05. The summed E-state index contributed by atoms with van der Waals surface area (Å²) < 4.78 is 6.49. The van der Waals surface area contributed by atoms with Gasteiger partial charge in [-0.15, -0.1) is 0 Å². The van der Waals surface area contributed by atoms with Crippen LogP contribution in [0.25, 0.3) is 5.65 Å². The Morgan fingerprint density at radius 2 is 2.39 bits per heavy atom. The molecular formula is C12H14N4O2. The van der Waals surface area contributed by atoms with Gasteiger partial charge in [-0.1, -0.05) is 0 Å². The van der Waals surface area contributed by atoms with Crippen molar-refractivity contribution in [2.24, 2.45) is 0 Å². The molecule has 6 nitrogen and oxygen atoms in total. The lowest BCUT2D eigenvalue weighted by Gasteiger charge is -2.14. The highest BCUT2D eigenvalue weighted by atomic mass is 16.5. The molecule has 1 amide bonds. The van der Waals surface area contributed by atoms with Crippen LogP contribution in [0.3, 0.4) is 0 Å². The number of nitrogens with zero attached hydrogens (tertiary/aromatic N) is 4. The minimum atomic E-state index is -0.263. The van der Waals surface area contributed by atoms with Gasteiger partial charge < -0.3 is 9.64 Å². The van der Waals surface area contributed by atoms with E-state index < -0.39 is 0 Å². The zero-order valence-corrected chi connectivity index (χ0v) is 10.1. The van der Waals surface area contributed by atoms with Gasteiger partial charge in [0.05, 0.1) is 12.8 Å². The van der Waals surface area contributed by atoms with Crippen molar-refractivity contribution in [3.63, 3.8) is 0 Å². The summed E-state index contributed by atoms with van der Waals surface area (Å²) in [6.45, 7) is 1.39. The van der Waals surface area contributed by atoms with Crippen molar-refractivity contribution in [2.75, 3.05) is 20.2 Å². The largest absolute Gasteiger partial charge is 0.453 e. The molecule has 0 aromatic carbocycles. The highest BCUT2D eigenvalue weighted by Crippen LogP contribution is 2.26. The number of aromatic nitrogens is 3. The van der Waals surface area contributed by atoms with Crippen molar-refractivity contribution >= 4 is 11.7 Å². The van der Waals surface area contributed by atoms with E-state index in [9.17, 15) is 4.79 Å². The van der Waals surface area contributed by atoms with Gasteiger partial charge in [-0.3, -0.25) is 0 Å². The van der Waals surface area contributed by atoms with E-state index in [4.69, 9.17) is 4.74 Å². The van der Waals surface area contributed by atoms with E-state index in [1.165, 1.54) is 7.11 Å². The normalized spacial score (nSPS) is 19.4. The molecule has 1 atom stereocenters. The van der Waals surface area contributed by atoms with Crippen molar-refractivity contribution in [3.05, 3.63) is 30.2 Å². The fourth-order valence-corrected chi connectivity index (χ4v) is 2.34. The summed E-state index contributed by atoms with van der Waals surface area (Å²) in [5.41, 5.74) is 1.83. The third-order valence-electron chi connectivity index (χ3n) is 3.32. The number of fused-ring (bicyclic) bond motifs is 1. The van der Waals surface area contributed by atoms with Crippen molar-refractivity contribution in [3.8, 4) is 0 Å². The molecule has 0 aliphatic carbocycles. The molecule has 2 aromatic heterocycles. The smallest absolute Gasteiger partial charge is 0.409 e. The molecule has 1 aliphatic rings. The first-order chi connectivity index (χ1) is 8.78. The van der Waals surface area contributed by atoms with E-state index in [2.05, 4.69) is 10.1 Å². The van der Waals surface area contributed by atoms with Gasteiger partial charge in [0, 0.05) is 31.4 Å². The predicted molar refractivity (Wildman–Crippen MR) is 64.3 cm³/mol. The summed E-state index contributed by atoms with van der Waals surface area (Å²) in [5.74, 6) is 0.274. The summed E-state index contributed by atoms with van der Waals surface area (Å²) in [6, 6.07) is 3.93. The number of methoxy groups -OCH3 is 1. The predicted octanol–water partition coefficient (Wildman–Crippen LogP) is 1.28. The number of ether oxygens (including phenoxy) is 1. The number of carbonyl (C=O) groups excluding carboxylic acids is 1. The third kappa shape index (κ3) is 1.79. The zero-order valence-electron chi connectivity index (χ0n) is 10.1. The van der Waals surface area contributed by atoms with E-state index in [1.54, 1.807) is 15.6 Å². The number of hydrogen-bond acceptors (Lipinski definition) is 4. The Hall–Kier alpha value is -2.11. The van der Waals surface area contributed by atoms with Crippen LogP contribution in [0, 0.1) is 0 Å². The number of carbonyl (C=O) groups is 1. The topological polar surface area (TPSA) is 59.7 Å². The highest BCUT2D eigenvalue weighted by molar-refractivity contribution is 5.67. The first-order valence-corrected chi connectivity index (χ1v) is 5.91. The quantitative estimate of drug-likeness (QED) is 0.760. The number of imidazole rings is 1. The van der Waals surface area contributed by atoms with Crippen LogP contribution in [0.4, 0.5) is 4.79 Å². The maximum Gasteiger partial charge on any atom is 0.409 e. The monoisotopic (exact) mass is 246 g/mol. The van der Waals surface area contributed by atoms with Crippen molar-refractivity contribution < 1.29 is 9.53 Å². The van der Waals surface area contributed by atoms with Gasteiger partial charge in [0.15, 0.2) is 5.65 Å². The van der Waals surface area contributed by atoms with Gasteiger partial charge in [-0.05, 0) is 18.6 Å². The summed E-state index contributed by atoms with van der Waals surface area (Å²) in [4.78, 5) is 17.3. The molecule has 0 saturated carbocycles. The second-order valence-electron chi connectivity index (χ2n) is 4.39. The van der Waals surface area contributed by atoms with Crippen molar-refractivity contribution in [1.29, 1.82) is 0 Å². The van der Waals surface area contributed by atoms with E-state index in [-0.39, 0.29) is 12.0 Å². The summed E-state index contributed by atoms with van der Waals surface area (Å²) >= 11 is 0. The van der Waals surface area contributed by atoms with Crippen LogP contribution in [0.1, 0.15) is 18.0 Å². The molecule has 1 saturated heterocycles. The van der Waals surface area contributed by atoms with Crippen LogP contribution in [0.5, 0.6) is 0 Å². The Balaban J connectivity index is 1.81. The molecule has 1 fully saturated rings. The lowest BCUT2D eigenvalue weighted by molar-refractivity contribution is 0.132. The lowest BCUT2D eigenvalue weighted by Crippen LogP contribution is -2.28. The second-order valence-corrected chi connectivity index (χ2v) is 4.39. The van der Waals surface area contributed by atoms with E-state index in [0.717, 1.165) is 24.3 Å². The molecular weight excluding hydrogens is 232 g/mol. The second kappa shape index (κ2) is 4.29. The van der Waals surface area contributed by atoms with Gasteiger partial charge in [0.25, 0.3) is 0 Å². The van der Waals surface area contributed by atoms with Gasteiger partial charge in [-0.2, -0.15) is 5.10 Å². The Kier molecular flexibility index (Phi) is 2.62. The van der Waals surface area contributed by atoms with Crippen LogP contribution in [0.2, 0.25) is 0 Å². The molecule has 94 valence electrons. The van der Waals surface area contributed by atoms with Crippen LogP contribution in [-0.4, -0.2) is 45.8 Å². The van der Waals surface area contributed by atoms with Gasteiger partial charge in [0.2, 0.25) is 0 Å². The van der Waals surface area contributed by atoms with Gasteiger partial charge >= 0.3 is 6.09 Å². The van der Waals surface area contributed by atoms with E-state index >= 15 is 0 Å². The van der Waals surface area contributed by atoms with Crippen LogP contribution < -0.4 is 0 Å². The first kappa shape index (κ1) is 11.0. The Morgan fingerprint density at radius 3 is 3.22 bits per heavy atom. The average molecular weight is 246 g/mol. The molecule has 2 aromatic rings. The summed E-state index contributed by atoms with van der Waals surface area (Å²) in [6.07, 6.45) is 4.21. The van der Waals surface area contributed by atoms with E-state index in [0.29, 0.717) is 6.54 Å². The fourth-order valence-electron chi connectivity index (χ4n) is 2.34. The Morgan fingerprint density at radius 1 is 1.50 bits per heavy atom. The molecule has 0 bridgehead atoms. The highest BCUT2D eigenvalue weighted by Gasteiger charge is 2.28. The zero-order chi connectivity index (χ0) is 12.5. The standard InChI is InChI=1S/C12H14N4O2/c1-18-12(17)15-6-4-9(8-15)10-2-3-11-13-5-7-16(11)14-10/h2-3,5,7,9H,4,6,8H2,1H3. The minimum absolute atomic E-state index is 0.263. The molecule has 18 heavy (non-hydrogen) atoms. The maximum absolute atomic E-state index is 11.4. The van der Waals surface area contributed by atoms with Crippen LogP contribution in [-0.2, 0) is 4.74 Å². The van der Waals surface area contributed by atoms with Crippen molar-refractivity contribution in [1.82, 2.24) is 19.5 Å². The fraction of sp³-hybridized carbons (Fsp3) is 0.417. The SMILES string of the molecule is COC(=O)N1CCC(c2ccc3nccn3n2)C1. The third-order valence-corrected chi connectivity index (χ3v) is 3.32. The number of rotatable bonds is 1. The van der Waals surface area contributed by atoms with Gasteiger partial charge in [0.1, 0.15) is 0 Å². The molecule has 3 rings (SSSR count). The molecule has 0 spiro atoms. The number of amides is 1. The lowest BCUT2D eigenvalue weighted by atomic mass is 10.1. The molecule has 1 unspecified atom stereocenters.